The van der Waals surface area contributed by atoms with Gasteiger partial charge in [0.1, 0.15) is 16.8 Å². The highest BCUT2D eigenvalue weighted by molar-refractivity contribution is 8.03. The van der Waals surface area contributed by atoms with Crippen molar-refractivity contribution in [3.05, 3.63) is 21.3 Å². The summed E-state index contributed by atoms with van der Waals surface area (Å²) in [6, 6.07) is -1.52. The van der Waals surface area contributed by atoms with Crippen LogP contribution < -0.4 is 11.1 Å². The number of carboxylic acids is 1. The van der Waals surface area contributed by atoms with Crippen LogP contribution in [0.4, 0.5) is 5.13 Å². The number of fused-ring (bicyclic) bond motifs is 1. The fraction of sp³-hybridized carbons (Fsp3) is 0.333. The van der Waals surface area contributed by atoms with E-state index in [1.165, 1.54) is 28.2 Å². The number of amides is 2. The topological polar surface area (TPSA) is 197 Å². The molecule has 0 radical (unpaired) electrons. The van der Waals surface area contributed by atoms with E-state index in [2.05, 4.69) is 29.4 Å². The van der Waals surface area contributed by atoms with Crippen LogP contribution in [0.1, 0.15) is 23.5 Å². The Morgan fingerprint density at radius 1 is 1.39 bits per heavy atom. The number of hydrogen-bond donors (Lipinski definition) is 4. The second-order valence-electron chi connectivity index (χ2n) is 6.48. The lowest BCUT2D eigenvalue weighted by Gasteiger charge is -2.49. The van der Waals surface area contributed by atoms with E-state index >= 15 is 0 Å². The average molecular weight is 483 g/mol. The van der Waals surface area contributed by atoms with Crippen molar-refractivity contribution in [2.24, 2.45) is 5.16 Å². The maximum atomic E-state index is 12.7. The number of oxime groups is 1. The third-order valence-corrected chi connectivity index (χ3v) is 7.21. The Bertz CT molecular complexity index is 1140. The van der Waals surface area contributed by atoms with Crippen molar-refractivity contribution in [2.45, 2.75) is 36.9 Å². The number of β-lactam (4-membered cyclic amide) rings is 1. The van der Waals surface area contributed by atoms with Gasteiger partial charge in [0.15, 0.2) is 5.13 Å². The minimum absolute atomic E-state index is 0.0777. The molecule has 1 fully saturated rings. The largest absolute Gasteiger partial charge is 0.477 e. The number of carboxylic acid groups (broad SMARTS) is 1. The summed E-state index contributed by atoms with van der Waals surface area (Å²) in [4.78, 5) is 43.5. The summed E-state index contributed by atoms with van der Waals surface area (Å²) in [6.07, 6.45) is 0.815. The number of anilines is 1. The second-order valence-corrected chi connectivity index (χ2v) is 9.31. The van der Waals surface area contributed by atoms with E-state index in [0.717, 1.165) is 16.4 Å². The van der Waals surface area contributed by atoms with Gasteiger partial charge in [0.2, 0.25) is 11.5 Å². The Hall–Kier alpha value is -3.11. The predicted molar refractivity (Wildman–Crippen MR) is 110 cm³/mol. The van der Waals surface area contributed by atoms with E-state index in [1.54, 1.807) is 0 Å². The van der Waals surface area contributed by atoms with E-state index < -0.39 is 35.6 Å². The number of allylic oxidation sites excluding steroid dienone is 1. The first-order valence-corrected chi connectivity index (χ1v) is 11.1. The number of nitrogens with zero attached hydrogens (tertiary/aromatic N) is 6. The summed E-state index contributed by atoms with van der Waals surface area (Å²) >= 11 is 3.19. The molecule has 2 aromatic heterocycles. The summed E-state index contributed by atoms with van der Waals surface area (Å²) in [5, 5.41) is 28.9. The van der Waals surface area contributed by atoms with Crippen molar-refractivity contribution >= 4 is 63.5 Å². The van der Waals surface area contributed by atoms with Crippen LogP contribution in [0.2, 0.25) is 0 Å². The SMILES string of the molecule is Cc1snnc1SC1=C(C(=O)O)N2C(=O)[C@@H](NC(=O)/C(=N\O)c3nsc(N)n3)[C@H]2CC1. The second kappa shape index (κ2) is 8.20. The first-order valence-electron chi connectivity index (χ1n) is 8.70. The lowest BCUT2D eigenvalue weighted by atomic mass is 9.86. The van der Waals surface area contributed by atoms with Gasteiger partial charge in [-0.15, -0.1) is 5.10 Å². The number of aryl methyl sites for hydroxylation is 1. The molecule has 16 heteroatoms. The van der Waals surface area contributed by atoms with Crippen LogP contribution in [-0.4, -0.2) is 69.7 Å². The number of aliphatic carboxylic acids is 1. The molecule has 31 heavy (non-hydrogen) atoms. The molecule has 162 valence electrons. The molecule has 2 atom stereocenters. The number of nitrogen functional groups attached to an aromatic ring is 1. The number of nitrogens with two attached hydrogens (primary N) is 1. The van der Waals surface area contributed by atoms with Crippen LogP contribution in [0.25, 0.3) is 0 Å². The molecule has 2 amide bonds. The van der Waals surface area contributed by atoms with E-state index in [1.807, 2.05) is 6.92 Å². The van der Waals surface area contributed by atoms with Gasteiger partial charge in [0, 0.05) is 16.4 Å². The van der Waals surface area contributed by atoms with Gasteiger partial charge in [0.25, 0.3) is 11.8 Å². The molecule has 1 saturated heterocycles. The lowest BCUT2D eigenvalue weighted by Crippen LogP contribution is -2.72. The van der Waals surface area contributed by atoms with Crippen LogP contribution >= 0.6 is 34.8 Å². The van der Waals surface area contributed by atoms with Gasteiger partial charge in [-0.3, -0.25) is 14.5 Å². The van der Waals surface area contributed by atoms with E-state index in [9.17, 15) is 24.7 Å². The molecule has 4 rings (SSSR count). The zero-order valence-electron chi connectivity index (χ0n) is 15.7. The average Bonchev–Trinajstić information content (AvgIpc) is 3.34. The summed E-state index contributed by atoms with van der Waals surface area (Å²) in [6.45, 7) is 1.82. The van der Waals surface area contributed by atoms with Crippen molar-refractivity contribution in [3.8, 4) is 0 Å². The van der Waals surface area contributed by atoms with Crippen LogP contribution in [0.3, 0.4) is 0 Å². The third-order valence-electron chi connectivity index (χ3n) is 4.68. The van der Waals surface area contributed by atoms with Crippen LogP contribution in [-0.2, 0) is 14.4 Å². The van der Waals surface area contributed by atoms with Crippen molar-refractivity contribution in [1.82, 2.24) is 29.2 Å². The highest BCUT2D eigenvalue weighted by atomic mass is 32.2. The maximum Gasteiger partial charge on any atom is 0.353 e. The summed E-state index contributed by atoms with van der Waals surface area (Å²) < 4.78 is 7.65. The molecule has 2 aliphatic heterocycles. The third kappa shape index (κ3) is 3.72. The molecule has 0 unspecified atom stereocenters. The van der Waals surface area contributed by atoms with Gasteiger partial charge in [-0.2, -0.15) is 9.36 Å². The summed E-state index contributed by atoms with van der Waals surface area (Å²) in [5.41, 5.74) is 4.85. The fourth-order valence-electron chi connectivity index (χ4n) is 3.30. The molecule has 5 N–H and O–H groups in total. The minimum atomic E-state index is -1.24. The van der Waals surface area contributed by atoms with Gasteiger partial charge in [-0.25, -0.2) is 4.79 Å². The molecular formula is C15H14N8O5S3. The Labute approximate surface area is 186 Å². The molecule has 0 spiro atoms. The smallest absolute Gasteiger partial charge is 0.353 e. The van der Waals surface area contributed by atoms with Crippen LogP contribution in [0, 0.1) is 6.92 Å². The number of rotatable bonds is 6. The predicted octanol–water partition coefficient (Wildman–Crippen LogP) is 0.0364. The molecule has 4 heterocycles. The molecule has 2 aromatic rings. The lowest BCUT2D eigenvalue weighted by molar-refractivity contribution is -0.155. The first kappa shape index (κ1) is 21.1. The van der Waals surface area contributed by atoms with E-state index in [-0.39, 0.29) is 16.7 Å². The number of hydrogen-bond acceptors (Lipinski definition) is 13. The Morgan fingerprint density at radius 3 is 2.74 bits per heavy atom. The molecule has 0 aliphatic carbocycles. The quantitative estimate of drug-likeness (QED) is 0.188. The van der Waals surface area contributed by atoms with Crippen molar-refractivity contribution in [2.75, 3.05) is 5.73 Å². The Kier molecular flexibility index (Phi) is 5.59. The number of carbonyl (C=O) groups excluding carboxylic acids is 2. The minimum Gasteiger partial charge on any atom is -0.477 e. The Morgan fingerprint density at radius 2 is 2.16 bits per heavy atom. The zero-order valence-corrected chi connectivity index (χ0v) is 18.1. The van der Waals surface area contributed by atoms with E-state index in [4.69, 9.17) is 5.73 Å². The summed E-state index contributed by atoms with van der Waals surface area (Å²) in [5.74, 6) is -2.87. The molecule has 0 aromatic carbocycles. The van der Waals surface area contributed by atoms with E-state index in [0.29, 0.717) is 22.8 Å². The normalized spacial score (nSPS) is 21.0. The number of nitrogens with one attached hydrogen (secondary N) is 1. The van der Waals surface area contributed by atoms with Crippen molar-refractivity contribution in [3.63, 3.8) is 0 Å². The summed E-state index contributed by atoms with van der Waals surface area (Å²) in [7, 11) is 0. The number of carbonyl (C=O) groups is 3. The highest BCUT2D eigenvalue weighted by Gasteiger charge is 2.54. The molecule has 13 nitrogen and oxygen atoms in total. The molecule has 0 bridgehead atoms. The van der Waals surface area contributed by atoms with Crippen molar-refractivity contribution < 1.29 is 24.7 Å². The molecule has 2 aliphatic rings. The molecule has 0 saturated carbocycles. The number of aromatic nitrogens is 4. The molecular weight excluding hydrogens is 468 g/mol. The van der Waals surface area contributed by atoms with Gasteiger partial charge in [0.05, 0.1) is 10.9 Å². The first-order chi connectivity index (χ1) is 14.8. The maximum absolute atomic E-state index is 12.7. The van der Waals surface area contributed by atoms with Crippen LogP contribution in [0.5, 0.6) is 0 Å². The van der Waals surface area contributed by atoms with Gasteiger partial charge in [-0.05, 0) is 31.3 Å². The standard InChI is InChI=1S/C15H14N8O5S3/c1-4-12(19-22-30-4)29-6-3-2-5-7(13(25)23(5)9(6)14(26)27)17-11(24)8(20-28)10-18-15(16)31-21-10/h5,7,28H,2-3H2,1H3,(H,17,24)(H,26,27)(H2,16,18,21)/b20-8-/t5-,7+/m1/s1. The highest BCUT2D eigenvalue weighted by Crippen LogP contribution is 2.43. The number of thioether (sulfide) groups is 1. The Balaban J connectivity index is 1.53. The van der Waals surface area contributed by atoms with Crippen LogP contribution in [0.15, 0.2) is 20.8 Å². The van der Waals surface area contributed by atoms with Gasteiger partial charge >= 0.3 is 5.97 Å². The van der Waals surface area contributed by atoms with Crippen molar-refractivity contribution in [1.29, 1.82) is 0 Å². The fourth-order valence-corrected chi connectivity index (χ4v) is 5.35. The van der Waals surface area contributed by atoms with Gasteiger partial charge < -0.3 is 21.4 Å². The monoisotopic (exact) mass is 482 g/mol. The zero-order chi connectivity index (χ0) is 22.3. The van der Waals surface area contributed by atoms with Gasteiger partial charge in [-0.1, -0.05) is 21.4 Å².